The van der Waals surface area contributed by atoms with Gasteiger partial charge in [0.15, 0.2) is 0 Å². The Bertz CT molecular complexity index is 209. The fraction of sp³-hybridized carbons (Fsp3) is 0.444. The fourth-order valence-electron chi connectivity index (χ4n) is 1.19. The van der Waals surface area contributed by atoms with Crippen LogP contribution in [0.2, 0.25) is 0 Å². The highest BCUT2D eigenvalue weighted by Crippen LogP contribution is 2.22. The van der Waals surface area contributed by atoms with E-state index in [0.717, 1.165) is 24.7 Å². The van der Waals surface area contributed by atoms with Crippen LogP contribution < -0.4 is 0 Å². The Morgan fingerprint density at radius 2 is 2.20 bits per heavy atom. The Morgan fingerprint density at radius 1 is 1.50 bits per heavy atom. The molecule has 10 heavy (non-hydrogen) atoms. The minimum absolute atomic E-state index is 0.923. The van der Waals surface area contributed by atoms with Gasteiger partial charge >= 0.3 is 0 Å². The first kappa shape index (κ1) is 7.26. The normalized spacial score (nSPS) is 18.8. The molecule has 0 atom stereocenters. The number of hydrogen-bond acceptors (Lipinski definition) is 1. The van der Waals surface area contributed by atoms with Gasteiger partial charge < -0.3 is 0 Å². The van der Waals surface area contributed by atoms with Crippen molar-refractivity contribution in [1.29, 1.82) is 0 Å². The zero-order valence-corrected chi connectivity index (χ0v) is 6.48. The van der Waals surface area contributed by atoms with Crippen molar-refractivity contribution in [1.82, 2.24) is 0 Å². The fourth-order valence-corrected chi connectivity index (χ4v) is 1.19. The third-order valence-corrected chi connectivity index (χ3v) is 2.08. The molecule has 54 valence electrons. The summed E-state index contributed by atoms with van der Waals surface area (Å²) in [7, 11) is 0. The Morgan fingerprint density at radius 3 is 2.70 bits per heavy atom. The molecule has 0 spiro atoms. The van der Waals surface area contributed by atoms with Crippen LogP contribution in [0.15, 0.2) is 22.8 Å². The average molecular weight is 136 g/mol. The number of rotatable bonds is 1. The van der Waals surface area contributed by atoms with E-state index in [2.05, 4.69) is 13.0 Å². The molecule has 0 unspecified atom stereocenters. The van der Waals surface area contributed by atoms with Crippen molar-refractivity contribution in [3.63, 3.8) is 0 Å². The molecular formula is C9H12O. The van der Waals surface area contributed by atoms with Gasteiger partial charge in [-0.1, -0.05) is 11.6 Å². The van der Waals surface area contributed by atoms with Gasteiger partial charge in [-0.2, -0.15) is 0 Å². The maximum atomic E-state index is 10.4. The van der Waals surface area contributed by atoms with Gasteiger partial charge in [0.25, 0.3) is 0 Å². The standard InChI is InChI=1S/C9H12O/c1-7-4-3-5-9(6-10)8(7)2/h4,6H,3,5H2,1-2H3. The molecule has 1 rings (SSSR count). The van der Waals surface area contributed by atoms with Crippen LogP contribution in [0.3, 0.4) is 0 Å². The van der Waals surface area contributed by atoms with Gasteiger partial charge in [0.05, 0.1) is 0 Å². The molecule has 1 nitrogen and oxygen atoms in total. The Labute approximate surface area is 61.4 Å². The van der Waals surface area contributed by atoms with Crippen molar-refractivity contribution < 1.29 is 4.79 Å². The van der Waals surface area contributed by atoms with Crippen molar-refractivity contribution in [3.8, 4) is 0 Å². The number of carbonyl (C=O) groups is 1. The largest absolute Gasteiger partial charge is 0.298 e. The van der Waals surface area contributed by atoms with Crippen molar-refractivity contribution in [3.05, 3.63) is 22.8 Å². The summed E-state index contributed by atoms with van der Waals surface area (Å²) in [4.78, 5) is 10.4. The molecule has 0 fully saturated rings. The van der Waals surface area contributed by atoms with Crippen LogP contribution in [0.25, 0.3) is 0 Å². The Hall–Kier alpha value is -0.850. The lowest BCUT2D eigenvalue weighted by atomic mass is 9.94. The first-order chi connectivity index (χ1) is 4.75. The summed E-state index contributed by atoms with van der Waals surface area (Å²) in [6.45, 7) is 4.06. The van der Waals surface area contributed by atoms with Crippen molar-refractivity contribution in [2.75, 3.05) is 0 Å². The second-order valence-corrected chi connectivity index (χ2v) is 2.69. The van der Waals surface area contributed by atoms with E-state index in [9.17, 15) is 4.79 Å². The molecular weight excluding hydrogens is 124 g/mol. The van der Waals surface area contributed by atoms with E-state index in [0.29, 0.717) is 0 Å². The number of carbonyl (C=O) groups excluding carboxylic acids is 1. The molecule has 0 aromatic carbocycles. The van der Waals surface area contributed by atoms with E-state index in [4.69, 9.17) is 0 Å². The average Bonchev–Trinajstić information content (AvgIpc) is 1.95. The van der Waals surface area contributed by atoms with E-state index in [1.807, 2.05) is 6.92 Å². The quantitative estimate of drug-likeness (QED) is 0.505. The molecule has 0 heterocycles. The highest BCUT2D eigenvalue weighted by atomic mass is 16.1. The van der Waals surface area contributed by atoms with Crippen LogP contribution in [-0.2, 0) is 4.79 Å². The van der Waals surface area contributed by atoms with E-state index in [-0.39, 0.29) is 0 Å². The van der Waals surface area contributed by atoms with Crippen molar-refractivity contribution in [2.45, 2.75) is 26.7 Å². The first-order valence-corrected chi connectivity index (χ1v) is 3.57. The number of aldehydes is 1. The summed E-state index contributed by atoms with van der Waals surface area (Å²) in [5.41, 5.74) is 3.40. The number of allylic oxidation sites excluding steroid dienone is 4. The second-order valence-electron chi connectivity index (χ2n) is 2.69. The maximum Gasteiger partial charge on any atom is 0.146 e. The van der Waals surface area contributed by atoms with Gasteiger partial charge in [-0.15, -0.1) is 0 Å². The minimum Gasteiger partial charge on any atom is -0.298 e. The summed E-state index contributed by atoms with van der Waals surface area (Å²) >= 11 is 0. The summed E-state index contributed by atoms with van der Waals surface area (Å²) in [6, 6.07) is 0. The lowest BCUT2D eigenvalue weighted by molar-refractivity contribution is -0.105. The maximum absolute atomic E-state index is 10.4. The SMILES string of the molecule is CC1=CCCC(C=O)=C1C. The molecule has 0 aromatic rings. The zero-order chi connectivity index (χ0) is 7.56. The van der Waals surface area contributed by atoms with E-state index in [1.165, 1.54) is 11.1 Å². The topological polar surface area (TPSA) is 17.1 Å². The van der Waals surface area contributed by atoms with Crippen molar-refractivity contribution in [2.24, 2.45) is 0 Å². The van der Waals surface area contributed by atoms with E-state index >= 15 is 0 Å². The van der Waals surface area contributed by atoms with E-state index in [1.54, 1.807) is 0 Å². The van der Waals surface area contributed by atoms with Crippen LogP contribution >= 0.6 is 0 Å². The van der Waals surface area contributed by atoms with E-state index < -0.39 is 0 Å². The number of hydrogen-bond donors (Lipinski definition) is 0. The van der Waals surface area contributed by atoms with Crippen LogP contribution in [0.1, 0.15) is 26.7 Å². The monoisotopic (exact) mass is 136 g/mol. The Kier molecular flexibility index (Phi) is 2.05. The third-order valence-electron chi connectivity index (χ3n) is 2.08. The summed E-state index contributed by atoms with van der Waals surface area (Å²) in [6.07, 6.45) is 5.11. The summed E-state index contributed by atoms with van der Waals surface area (Å²) in [5, 5.41) is 0. The highest BCUT2D eigenvalue weighted by Gasteiger charge is 2.06. The minimum atomic E-state index is 0.923. The second kappa shape index (κ2) is 2.82. The van der Waals surface area contributed by atoms with Gasteiger partial charge in [0, 0.05) is 0 Å². The summed E-state index contributed by atoms with van der Waals surface area (Å²) < 4.78 is 0. The molecule has 0 saturated carbocycles. The molecule has 0 aliphatic heterocycles. The molecule has 1 aliphatic rings. The highest BCUT2D eigenvalue weighted by molar-refractivity contribution is 5.76. The smallest absolute Gasteiger partial charge is 0.146 e. The van der Waals surface area contributed by atoms with Gasteiger partial charge in [-0.3, -0.25) is 4.79 Å². The predicted molar refractivity (Wildman–Crippen MR) is 41.8 cm³/mol. The van der Waals surface area contributed by atoms with Crippen molar-refractivity contribution >= 4 is 6.29 Å². The molecule has 1 aliphatic carbocycles. The van der Waals surface area contributed by atoms with Gasteiger partial charge in [0.2, 0.25) is 0 Å². The molecule has 0 aromatic heterocycles. The molecule has 0 amide bonds. The third kappa shape index (κ3) is 1.18. The first-order valence-electron chi connectivity index (χ1n) is 3.57. The molecule has 1 heteroatoms. The van der Waals surface area contributed by atoms with Crippen LogP contribution in [0, 0.1) is 0 Å². The molecule has 0 bridgehead atoms. The predicted octanol–water partition coefficient (Wildman–Crippen LogP) is 2.24. The molecule has 0 radical (unpaired) electrons. The molecule has 0 saturated heterocycles. The van der Waals surface area contributed by atoms with Crippen LogP contribution in [0.5, 0.6) is 0 Å². The van der Waals surface area contributed by atoms with Gasteiger partial charge in [-0.05, 0) is 37.8 Å². The molecule has 0 N–H and O–H groups in total. The van der Waals surface area contributed by atoms with Crippen LogP contribution in [-0.4, -0.2) is 6.29 Å². The van der Waals surface area contributed by atoms with Gasteiger partial charge in [-0.25, -0.2) is 0 Å². The zero-order valence-electron chi connectivity index (χ0n) is 6.48. The van der Waals surface area contributed by atoms with Crippen LogP contribution in [0.4, 0.5) is 0 Å². The van der Waals surface area contributed by atoms with Gasteiger partial charge in [0.1, 0.15) is 6.29 Å². The lowest BCUT2D eigenvalue weighted by Crippen LogP contribution is -1.97. The Balaban J connectivity index is 2.95. The lowest BCUT2D eigenvalue weighted by Gasteiger charge is -2.11. The summed E-state index contributed by atoms with van der Waals surface area (Å²) in [5.74, 6) is 0.